The molecule has 6 rings (SSSR count). The number of Topliss-reactive ketones (excluding diaryl/α,β-unsaturated/α-hetero) is 1. The van der Waals surface area contributed by atoms with Crippen molar-refractivity contribution in [2.45, 2.75) is 12.5 Å². The molecular weight excluding hydrogens is 460 g/mol. The number of benzene rings is 2. The zero-order chi connectivity index (χ0) is 24.8. The van der Waals surface area contributed by atoms with Crippen LogP contribution in [0.3, 0.4) is 0 Å². The van der Waals surface area contributed by atoms with Gasteiger partial charge in [0.1, 0.15) is 11.8 Å². The van der Waals surface area contributed by atoms with Gasteiger partial charge in [-0.1, -0.05) is 30.3 Å². The Morgan fingerprint density at radius 3 is 2.81 bits per heavy atom. The molecule has 2 aromatic carbocycles. The Bertz CT molecular complexity index is 1640. The molecule has 1 aliphatic rings. The van der Waals surface area contributed by atoms with Crippen molar-refractivity contribution in [3.63, 3.8) is 0 Å². The van der Waals surface area contributed by atoms with Gasteiger partial charge in [-0.15, -0.1) is 0 Å². The van der Waals surface area contributed by atoms with Gasteiger partial charge in [0.05, 0.1) is 18.9 Å². The van der Waals surface area contributed by atoms with E-state index in [-0.39, 0.29) is 17.9 Å². The first-order valence-electron chi connectivity index (χ1n) is 11.5. The van der Waals surface area contributed by atoms with Gasteiger partial charge in [-0.05, 0) is 42.3 Å². The van der Waals surface area contributed by atoms with E-state index >= 15 is 0 Å². The molecule has 0 radical (unpaired) electrons. The summed E-state index contributed by atoms with van der Waals surface area (Å²) in [6, 6.07) is 17.3. The number of aromatic amines is 1. The van der Waals surface area contributed by atoms with Gasteiger partial charge < -0.3 is 28.6 Å². The van der Waals surface area contributed by atoms with E-state index in [0.717, 1.165) is 16.5 Å². The van der Waals surface area contributed by atoms with Crippen molar-refractivity contribution >= 4 is 33.6 Å². The van der Waals surface area contributed by atoms with E-state index in [9.17, 15) is 14.7 Å². The Kier molecular flexibility index (Phi) is 5.14. The number of aromatic nitrogens is 1. The molecule has 1 unspecified atom stereocenters. The number of nitrogens with one attached hydrogen (secondary N) is 1. The second kappa shape index (κ2) is 8.49. The molecule has 5 aromatic rings. The SMILES string of the molecule is COc1cccc2cc(C(=O)C3=C(O)C(=O)N(CCc4c[nH]c5ccccc45)C3c3ccco3)oc12. The normalized spacial score (nSPS) is 16.0. The molecule has 3 aromatic heterocycles. The number of carbonyl (C=O) groups is 2. The minimum absolute atomic E-state index is 0.00103. The largest absolute Gasteiger partial charge is 0.503 e. The molecule has 8 nitrogen and oxygen atoms in total. The summed E-state index contributed by atoms with van der Waals surface area (Å²) in [5.74, 6) is -0.964. The van der Waals surface area contributed by atoms with Crippen molar-refractivity contribution in [3.05, 3.63) is 102 Å². The van der Waals surface area contributed by atoms with Gasteiger partial charge in [0.2, 0.25) is 5.78 Å². The van der Waals surface area contributed by atoms with Crippen molar-refractivity contribution < 1.29 is 28.3 Å². The Balaban J connectivity index is 1.36. The predicted octanol–water partition coefficient (Wildman–Crippen LogP) is 5.34. The van der Waals surface area contributed by atoms with Crippen LogP contribution in [0.4, 0.5) is 0 Å². The van der Waals surface area contributed by atoms with Gasteiger partial charge >= 0.3 is 0 Å². The average molecular weight is 482 g/mol. The minimum atomic E-state index is -0.889. The molecule has 1 aliphatic heterocycles. The number of rotatable bonds is 7. The fraction of sp³-hybridized carbons (Fsp3) is 0.143. The number of methoxy groups -OCH3 is 1. The molecule has 180 valence electrons. The Hall–Kier alpha value is -4.72. The summed E-state index contributed by atoms with van der Waals surface area (Å²) >= 11 is 0. The number of ketones is 1. The summed E-state index contributed by atoms with van der Waals surface area (Å²) in [4.78, 5) is 31.6. The molecule has 4 heterocycles. The molecule has 0 saturated carbocycles. The number of ether oxygens (including phenoxy) is 1. The number of nitrogens with zero attached hydrogens (tertiary/aromatic N) is 1. The topological polar surface area (TPSA) is 109 Å². The van der Waals surface area contributed by atoms with E-state index in [1.54, 1.807) is 36.4 Å². The molecule has 0 aliphatic carbocycles. The number of amides is 1. The van der Waals surface area contributed by atoms with Crippen molar-refractivity contribution in [2.24, 2.45) is 0 Å². The highest BCUT2D eigenvalue weighted by Crippen LogP contribution is 2.40. The van der Waals surface area contributed by atoms with Crippen molar-refractivity contribution in [1.29, 1.82) is 0 Å². The van der Waals surface area contributed by atoms with Crippen molar-refractivity contribution in [2.75, 3.05) is 13.7 Å². The van der Waals surface area contributed by atoms with E-state index in [0.29, 0.717) is 28.9 Å². The zero-order valence-corrected chi connectivity index (χ0v) is 19.4. The lowest BCUT2D eigenvalue weighted by Crippen LogP contribution is -2.32. The summed E-state index contributed by atoms with van der Waals surface area (Å²) in [6.07, 6.45) is 3.90. The van der Waals surface area contributed by atoms with E-state index in [1.165, 1.54) is 18.3 Å². The van der Waals surface area contributed by atoms with E-state index in [1.807, 2.05) is 30.5 Å². The van der Waals surface area contributed by atoms with Gasteiger partial charge in [-0.25, -0.2) is 0 Å². The Labute approximate surface area is 205 Å². The predicted molar refractivity (Wildman–Crippen MR) is 132 cm³/mol. The highest BCUT2D eigenvalue weighted by atomic mass is 16.5. The molecule has 0 fully saturated rings. The molecule has 2 N–H and O–H groups in total. The lowest BCUT2D eigenvalue weighted by molar-refractivity contribution is -0.129. The lowest BCUT2D eigenvalue weighted by Gasteiger charge is -2.24. The summed E-state index contributed by atoms with van der Waals surface area (Å²) in [6.45, 7) is 0.265. The zero-order valence-electron chi connectivity index (χ0n) is 19.4. The quantitative estimate of drug-likeness (QED) is 0.303. The molecule has 1 atom stereocenters. The number of fused-ring (bicyclic) bond motifs is 2. The van der Waals surface area contributed by atoms with Gasteiger partial charge in [0.15, 0.2) is 22.9 Å². The second-order valence-electron chi connectivity index (χ2n) is 8.61. The Morgan fingerprint density at radius 2 is 2.00 bits per heavy atom. The maximum atomic E-state index is 13.7. The van der Waals surface area contributed by atoms with Crippen LogP contribution in [0.15, 0.2) is 93.3 Å². The van der Waals surface area contributed by atoms with Crippen LogP contribution >= 0.6 is 0 Å². The fourth-order valence-corrected chi connectivity index (χ4v) is 4.88. The lowest BCUT2D eigenvalue weighted by atomic mass is 9.99. The third-order valence-corrected chi connectivity index (χ3v) is 6.61. The average Bonchev–Trinajstić information content (AvgIpc) is 3.69. The third kappa shape index (κ3) is 3.38. The van der Waals surface area contributed by atoms with Crippen LogP contribution in [0.2, 0.25) is 0 Å². The number of carbonyl (C=O) groups excluding carboxylic acids is 2. The third-order valence-electron chi connectivity index (χ3n) is 6.61. The van der Waals surface area contributed by atoms with Crippen LogP contribution in [0.25, 0.3) is 21.9 Å². The monoisotopic (exact) mass is 482 g/mol. The van der Waals surface area contributed by atoms with E-state index in [4.69, 9.17) is 13.6 Å². The molecular formula is C28H22N2O6. The smallest absolute Gasteiger partial charge is 0.290 e. The van der Waals surface area contributed by atoms with Crippen LogP contribution in [0, 0.1) is 0 Å². The number of aliphatic hydroxyl groups excluding tert-OH is 1. The molecule has 1 amide bonds. The van der Waals surface area contributed by atoms with Crippen LogP contribution in [-0.4, -0.2) is 40.3 Å². The van der Waals surface area contributed by atoms with E-state index in [2.05, 4.69) is 4.98 Å². The Morgan fingerprint density at radius 1 is 1.14 bits per heavy atom. The van der Waals surface area contributed by atoms with Gasteiger partial charge in [-0.3, -0.25) is 9.59 Å². The van der Waals surface area contributed by atoms with Crippen LogP contribution in [0.1, 0.15) is 27.9 Å². The number of H-pyrrole nitrogens is 1. The molecule has 0 spiro atoms. The minimum Gasteiger partial charge on any atom is -0.503 e. The molecule has 0 saturated heterocycles. The summed E-state index contributed by atoms with van der Waals surface area (Å²) in [5.41, 5.74) is 2.37. The molecule has 0 bridgehead atoms. The van der Waals surface area contributed by atoms with Gasteiger partial charge in [0.25, 0.3) is 5.91 Å². The first kappa shape index (κ1) is 21.8. The summed E-state index contributed by atoms with van der Waals surface area (Å²) in [7, 11) is 1.52. The number of aliphatic hydroxyl groups is 1. The fourth-order valence-electron chi connectivity index (χ4n) is 4.88. The van der Waals surface area contributed by atoms with Crippen LogP contribution in [0.5, 0.6) is 5.75 Å². The highest BCUT2D eigenvalue weighted by molar-refractivity contribution is 6.16. The second-order valence-corrected chi connectivity index (χ2v) is 8.61. The number of hydrogen-bond donors (Lipinski definition) is 2. The standard InChI is InChI=1S/C28H22N2O6/c1-34-21-9-4-6-16-14-22(36-27(16)21)25(31)23-24(20-10-5-13-35-20)30(28(33)26(23)32)12-11-17-15-29-19-8-3-2-7-18(17)19/h2-10,13-15,24,29,32H,11-12H2,1H3. The van der Waals surface area contributed by atoms with E-state index < -0.39 is 23.5 Å². The van der Waals surface area contributed by atoms with Crippen molar-refractivity contribution in [3.8, 4) is 5.75 Å². The highest BCUT2D eigenvalue weighted by Gasteiger charge is 2.45. The van der Waals surface area contributed by atoms with Crippen LogP contribution < -0.4 is 4.74 Å². The first-order chi connectivity index (χ1) is 17.6. The van der Waals surface area contributed by atoms with Crippen molar-refractivity contribution in [1.82, 2.24) is 9.88 Å². The van der Waals surface area contributed by atoms with Gasteiger partial charge in [-0.2, -0.15) is 0 Å². The molecule has 8 heteroatoms. The van der Waals surface area contributed by atoms with Crippen LogP contribution in [-0.2, 0) is 11.2 Å². The number of furan rings is 2. The molecule has 36 heavy (non-hydrogen) atoms. The number of hydrogen-bond acceptors (Lipinski definition) is 6. The first-order valence-corrected chi connectivity index (χ1v) is 11.5. The number of para-hydroxylation sites is 2. The van der Waals surface area contributed by atoms with Gasteiger partial charge in [0, 0.05) is 29.0 Å². The maximum Gasteiger partial charge on any atom is 0.290 e. The summed E-state index contributed by atoms with van der Waals surface area (Å²) in [5, 5.41) is 12.6. The maximum absolute atomic E-state index is 13.7. The summed E-state index contributed by atoms with van der Waals surface area (Å²) < 4.78 is 16.8.